The predicted octanol–water partition coefficient (Wildman–Crippen LogP) is 3.27. The smallest absolute Gasteiger partial charge is 0.307 e. The molecule has 8 heteroatoms. The van der Waals surface area contributed by atoms with Crippen LogP contribution in [-0.2, 0) is 14.9 Å². The largest absolute Gasteiger partial charge is 0.460 e. The van der Waals surface area contributed by atoms with E-state index in [9.17, 15) is 25.0 Å². The van der Waals surface area contributed by atoms with Crippen molar-refractivity contribution in [1.29, 1.82) is 0 Å². The van der Waals surface area contributed by atoms with E-state index in [1.807, 2.05) is 0 Å². The monoisotopic (exact) mass is 322 g/mol. The van der Waals surface area contributed by atoms with Gasteiger partial charge in [-0.2, -0.15) is 0 Å². The Bertz CT molecular complexity index is 673. The van der Waals surface area contributed by atoms with Crippen LogP contribution in [0.2, 0.25) is 0 Å². The normalized spacial score (nSPS) is 15.8. The van der Waals surface area contributed by atoms with E-state index in [-0.39, 0.29) is 17.8 Å². The summed E-state index contributed by atoms with van der Waals surface area (Å²) in [7, 11) is 0. The third-order valence-corrected chi connectivity index (χ3v) is 3.72. The van der Waals surface area contributed by atoms with Crippen LogP contribution in [0, 0.1) is 20.2 Å². The summed E-state index contributed by atoms with van der Waals surface area (Å²) in [5.41, 5.74) is -1.58. The van der Waals surface area contributed by atoms with Crippen LogP contribution in [0.4, 0.5) is 11.4 Å². The summed E-state index contributed by atoms with van der Waals surface area (Å²) < 4.78 is 5.28. The Morgan fingerprint density at radius 1 is 1.22 bits per heavy atom. The molecule has 0 radical (unpaired) electrons. The predicted molar refractivity (Wildman–Crippen MR) is 81.1 cm³/mol. The highest BCUT2D eigenvalue weighted by atomic mass is 16.6. The number of non-ortho nitro benzene ring substituents is 1. The van der Waals surface area contributed by atoms with Crippen LogP contribution in [0.25, 0.3) is 0 Å². The molecule has 0 aliphatic heterocycles. The van der Waals surface area contributed by atoms with Gasteiger partial charge < -0.3 is 4.74 Å². The van der Waals surface area contributed by atoms with Crippen molar-refractivity contribution in [3.63, 3.8) is 0 Å². The fourth-order valence-corrected chi connectivity index (χ4v) is 2.58. The molecule has 1 aromatic carbocycles. The van der Waals surface area contributed by atoms with Crippen molar-refractivity contribution < 1.29 is 19.4 Å². The van der Waals surface area contributed by atoms with Crippen molar-refractivity contribution in [2.24, 2.45) is 0 Å². The highest BCUT2D eigenvalue weighted by molar-refractivity contribution is 5.73. The van der Waals surface area contributed by atoms with E-state index in [1.165, 1.54) is 12.1 Å². The Labute approximate surface area is 132 Å². The lowest BCUT2D eigenvalue weighted by Crippen LogP contribution is -2.26. The van der Waals surface area contributed by atoms with Gasteiger partial charge in [-0.3, -0.25) is 25.0 Å². The quantitative estimate of drug-likeness (QED) is 0.467. The summed E-state index contributed by atoms with van der Waals surface area (Å²) in [6.07, 6.45) is 1.26. The molecule has 0 aromatic heterocycles. The average Bonchev–Trinajstić information content (AvgIpc) is 3.16. The van der Waals surface area contributed by atoms with Crippen LogP contribution < -0.4 is 0 Å². The first-order chi connectivity index (χ1) is 10.5. The summed E-state index contributed by atoms with van der Waals surface area (Å²) in [6.45, 7) is 5.25. The number of nitro benzene ring substituents is 2. The Kier molecular flexibility index (Phi) is 4.10. The Balaban J connectivity index is 2.32. The molecule has 8 nitrogen and oxygen atoms in total. The van der Waals surface area contributed by atoms with Crippen molar-refractivity contribution in [3.8, 4) is 0 Å². The lowest BCUT2D eigenvalue weighted by atomic mass is 9.90. The van der Waals surface area contributed by atoms with Gasteiger partial charge in [-0.15, -0.1) is 0 Å². The van der Waals surface area contributed by atoms with Gasteiger partial charge in [-0.1, -0.05) is 0 Å². The van der Waals surface area contributed by atoms with Gasteiger partial charge in [0.05, 0.1) is 22.3 Å². The summed E-state index contributed by atoms with van der Waals surface area (Å²) in [6, 6.07) is 3.57. The first-order valence-electron chi connectivity index (χ1n) is 7.19. The fourth-order valence-electron chi connectivity index (χ4n) is 2.58. The molecule has 0 amide bonds. The van der Waals surface area contributed by atoms with Gasteiger partial charge in [0.1, 0.15) is 5.60 Å². The van der Waals surface area contributed by atoms with E-state index in [2.05, 4.69) is 0 Å². The summed E-state index contributed by atoms with van der Waals surface area (Å²) in [5.74, 6) is -0.428. The van der Waals surface area contributed by atoms with Crippen molar-refractivity contribution in [2.75, 3.05) is 0 Å². The van der Waals surface area contributed by atoms with Gasteiger partial charge in [0.25, 0.3) is 11.4 Å². The number of rotatable bonds is 5. The number of hydrogen-bond donors (Lipinski definition) is 0. The molecule has 0 spiro atoms. The van der Waals surface area contributed by atoms with Gasteiger partial charge in [-0.25, -0.2) is 0 Å². The fraction of sp³-hybridized carbons (Fsp3) is 0.533. The molecule has 0 N–H and O–H groups in total. The minimum Gasteiger partial charge on any atom is -0.460 e. The Hall–Kier alpha value is -2.51. The van der Waals surface area contributed by atoms with E-state index in [1.54, 1.807) is 20.8 Å². The van der Waals surface area contributed by atoms with Crippen molar-refractivity contribution in [1.82, 2.24) is 0 Å². The van der Waals surface area contributed by atoms with Gasteiger partial charge in [0.2, 0.25) is 0 Å². The van der Waals surface area contributed by atoms with Crippen LogP contribution >= 0.6 is 0 Å². The maximum absolute atomic E-state index is 12.0. The minimum atomic E-state index is -0.676. The average molecular weight is 322 g/mol. The number of carbonyl (C=O) groups is 1. The van der Waals surface area contributed by atoms with Gasteiger partial charge in [0.15, 0.2) is 0 Å². The third-order valence-electron chi connectivity index (χ3n) is 3.72. The number of benzene rings is 1. The molecular weight excluding hydrogens is 304 g/mol. The molecule has 1 aromatic rings. The molecule has 0 atom stereocenters. The van der Waals surface area contributed by atoms with Gasteiger partial charge >= 0.3 is 5.97 Å². The van der Waals surface area contributed by atoms with Crippen molar-refractivity contribution >= 4 is 17.3 Å². The molecule has 1 fully saturated rings. The number of nitro groups is 2. The number of hydrogen-bond acceptors (Lipinski definition) is 6. The molecule has 0 bridgehead atoms. The SMILES string of the molecule is CC(C)(C)OC(=O)CC1(c2ccc([N+](=O)[O-])cc2[N+](=O)[O-])CC1. The highest BCUT2D eigenvalue weighted by Gasteiger charge is 2.50. The number of ether oxygens (including phenoxy) is 1. The van der Waals surface area contributed by atoms with E-state index in [0.717, 1.165) is 6.07 Å². The molecule has 0 unspecified atom stereocenters. The molecule has 1 aliphatic rings. The lowest BCUT2D eigenvalue weighted by molar-refractivity contribution is -0.394. The molecule has 124 valence electrons. The minimum absolute atomic E-state index is 0.0307. The standard InChI is InChI=1S/C15H18N2O6/c1-14(2,3)23-13(18)9-15(6-7-15)11-5-4-10(16(19)20)8-12(11)17(21)22/h4-5,8H,6-7,9H2,1-3H3. The highest BCUT2D eigenvalue weighted by Crippen LogP contribution is 2.54. The Morgan fingerprint density at radius 2 is 1.83 bits per heavy atom. The first kappa shape index (κ1) is 16.9. The summed E-state index contributed by atoms with van der Waals surface area (Å²) in [4.78, 5) is 32.8. The second kappa shape index (κ2) is 5.60. The van der Waals surface area contributed by atoms with Gasteiger partial charge in [-0.05, 0) is 39.7 Å². The van der Waals surface area contributed by atoms with Crippen molar-refractivity contribution in [3.05, 3.63) is 44.0 Å². The number of nitrogens with zero attached hydrogens (tertiary/aromatic N) is 2. The molecule has 0 heterocycles. The second-order valence-electron chi connectivity index (χ2n) is 6.76. The van der Waals surface area contributed by atoms with E-state index in [0.29, 0.717) is 18.4 Å². The number of carbonyl (C=O) groups excluding carboxylic acids is 1. The molecular formula is C15H18N2O6. The summed E-state index contributed by atoms with van der Waals surface area (Å²) >= 11 is 0. The van der Waals surface area contributed by atoms with E-state index < -0.39 is 26.8 Å². The topological polar surface area (TPSA) is 113 Å². The molecule has 1 aliphatic carbocycles. The van der Waals surface area contributed by atoms with Crippen molar-refractivity contribution in [2.45, 2.75) is 51.0 Å². The molecule has 1 saturated carbocycles. The zero-order valence-electron chi connectivity index (χ0n) is 13.2. The van der Waals surface area contributed by atoms with E-state index >= 15 is 0 Å². The maximum Gasteiger partial charge on any atom is 0.307 e. The Morgan fingerprint density at radius 3 is 2.26 bits per heavy atom. The summed E-state index contributed by atoms with van der Waals surface area (Å²) in [5, 5.41) is 22.0. The number of esters is 1. The lowest BCUT2D eigenvalue weighted by Gasteiger charge is -2.22. The van der Waals surface area contributed by atoms with Crippen LogP contribution in [0.3, 0.4) is 0 Å². The van der Waals surface area contributed by atoms with E-state index in [4.69, 9.17) is 4.74 Å². The second-order valence-corrected chi connectivity index (χ2v) is 6.76. The third kappa shape index (κ3) is 3.82. The van der Waals surface area contributed by atoms with Crippen LogP contribution in [-0.4, -0.2) is 21.4 Å². The molecule has 2 rings (SSSR count). The zero-order chi connectivity index (χ0) is 17.4. The van der Waals surface area contributed by atoms with Crippen LogP contribution in [0.5, 0.6) is 0 Å². The molecule has 0 saturated heterocycles. The zero-order valence-corrected chi connectivity index (χ0v) is 13.2. The first-order valence-corrected chi connectivity index (χ1v) is 7.19. The van der Waals surface area contributed by atoms with Gasteiger partial charge in [0, 0.05) is 17.0 Å². The molecule has 23 heavy (non-hydrogen) atoms. The van der Waals surface area contributed by atoms with Crippen LogP contribution in [0.1, 0.15) is 45.6 Å². The van der Waals surface area contributed by atoms with Crippen LogP contribution in [0.15, 0.2) is 18.2 Å². The maximum atomic E-state index is 12.0.